The number of rotatable bonds is 8. The fraction of sp³-hybridized carbons (Fsp3) is 0.524. The van der Waals surface area contributed by atoms with Gasteiger partial charge in [-0.2, -0.15) is 4.98 Å². The molecule has 4 nitrogen and oxygen atoms in total. The Morgan fingerprint density at radius 3 is 2.22 bits per heavy atom. The summed E-state index contributed by atoms with van der Waals surface area (Å²) in [7, 11) is 0. The molecule has 0 radical (unpaired) electrons. The summed E-state index contributed by atoms with van der Waals surface area (Å²) in [6, 6.07) is 6.58. The van der Waals surface area contributed by atoms with Crippen LogP contribution in [0.5, 0.6) is 0 Å². The number of hydrogen-bond donors (Lipinski definition) is 0. The third-order valence-electron chi connectivity index (χ3n) is 4.68. The first kappa shape index (κ1) is 22.0. The Bertz CT molecular complexity index is 775. The molecule has 1 heterocycles. The lowest BCUT2D eigenvalue weighted by molar-refractivity contribution is 0.827. The summed E-state index contributed by atoms with van der Waals surface area (Å²) >= 11 is 5.58. The maximum absolute atomic E-state index is 4.91. The number of hydrogen-bond acceptors (Lipinski definition) is 5. The Hall–Kier alpha value is -1.27. The third kappa shape index (κ3) is 4.96. The van der Waals surface area contributed by atoms with Gasteiger partial charge in [-0.15, -0.1) is 11.8 Å². The van der Waals surface area contributed by atoms with Crippen LogP contribution in [0.1, 0.15) is 51.8 Å². The highest BCUT2D eigenvalue weighted by Gasteiger charge is 2.21. The van der Waals surface area contributed by atoms with E-state index in [1.807, 2.05) is 6.92 Å². The number of aromatic nitrogens is 2. The molecule has 0 saturated heterocycles. The van der Waals surface area contributed by atoms with Gasteiger partial charge in [0.05, 0.1) is 5.69 Å². The van der Waals surface area contributed by atoms with Crippen LogP contribution in [0.4, 0.5) is 17.5 Å². The fourth-order valence-electron chi connectivity index (χ4n) is 3.11. The summed E-state index contributed by atoms with van der Waals surface area (Å²) in [6.45, 7) is 15.6. The van der Waals surface area contributed by atoms with Crippen molar-refractivity contribution in [2.75, 3.05) is 35.7 Å². The lowest BCUT2D eigenvalue weighted by Crippen LogP contribution is -2.26. The Kier molecular flexibility index (Phi) is 7.98. The number of thioether (sulfide) groups is 1. The highest BCUT2D eigenvalue weighted by atomic mass is 79.9. The van der Waals surface area contributed by atoms with Crippen LogP contribution in [0.15, 0.2) is 27.6 Å². The van der Waals surface area contributed by atoms with Gasteiger partial charge in [-0.1, -0.05) is 13.8 Å². The van der Waals surface area contributed by atoms with E-state index in [4.69, 9.17) is 9.97 Å². The van der Waals surface area contributed by atoms with Crippen molar-refractivity contribution in [3.8, 4) is 0 Å². The van der Waals surface area contributed by atoms with Crippen molar-refractivity contribution in [1.82, 2.24) is 9.97 Å². The maximum Gasteiger partial charge on any atom is 0.232 e. The molecular weight excluding hydrogens is 420 g/mol. The summed E-state index contributed by atoms with van der Waals surface area (Å²) in [5.74, 6) is 2.23. The van der Waals surface area contributed by atoms with Crippen LogP contribution in [-0.2, 0) is 0 Å². The predicted octanol–water partition coefficient (Wildman–Crippen LogP) is 6.40. The average molecular weight is 451 g/mol. The van der Waals surface area contributed by atoms with E-state index in [1.54, 1.807) is 11.8 Å². The van der Waals surface area contributed by atoms with Gasteiger partial charge in [-0.25, -0.2) is 4.98 Å². The molecule has 0 N–H and O–H groups in total. The van der Waals surface area contributed by atoms with Crippen LogP contribution >= 0.6 is 27.7 Å². The summed E-state index contributed by atoms with van der Waals surface area (Å²) < 4.78 is 1.09. The quantitative estimate of drug-likeness (QED) is 0.434. The number of nitrogens with zero attached hydrogens (tertiary/aromatic N) is 4. The van der Waals surface area contributed by atoms with E-state index in [-0.39, 0.29) is 0 Å². The minimum Gasteiger partial charge on any atom is -0.357 e. The minimum absolute atomic E-state index is 0.487. The Balaban J connectivity index is 2.61. The maximum atomic E-state index is 4.91. The first-order chi connectivity index (χ1) is 12.9. The van der Waals surface area contributed by atoms with Gasteiger partial charge in [0, 0.05) is 40.8 Å². The second-order valence-electron chi connectivity index (χ2n) is 6.79. The van der Waals surface area contributed by atoms with Gasteiger partial charge >= 0.3 is 0 Å². The SMILES string of the molecule is CCN(CC)c1cc(C)nc(N(CC)c2c(Br)cc(C(C)C)cc2SC)n1. The molecule has 0 saturated carbocycles. The normalized spacial score (nSPS) is 11.1. The standard InChI is InChI=1S/C21H31BrN4S/c1-8-25(9-2)19-11-15(6)23-21(24-19)26(10-3)20-17(22)12-16(14(4)5)13-18(20)27-7/h11-14H,8-10H2,1-7H3. The molecule has 0 aliphatic heterocycles. The van der Waals surface area contributed by atoms with E-state index < -0.39 is 0 Å². The van der Waals surface area contributed by atoms with E-state index in [9.17, 15) is 0 Å². The molecule has 0 fully saturated rings. The van der Waals surface area contributed by atoms with Gasteiger partial charge in [0.15, 0.2) is 0 Å². The van der Waals surface area contributed by atoms with Gasteiger partial charge in [0.2, 0.25) is 5.95 Å². The van der Waals surface area contributed by atoms with Crippen molar-refractivity contribution < 1.29 is 0 Å². The molecule has 0 spiro atoms. The zero-order valence-corrected chi connectivity index (χ0v) is 19.9. The van der Waals surface area contributed by atoms with Gasteiger partial charge in [0.1, 0.15) is 5.82 Å². The molecule has 2 rings (SSSR count). The Labute approximate surface area is 176 Å². The zero-order chi connectivity index (χ0) is 20.1. The molecule has 2 aromatic rings. The smallest absolute Gasteiger partial charge is 0.232 e. The Morgan fingerprint density at radius 2 is 1.70 bits per heavy atom. The van der Waals surface area contributed by atoms with Crippen LogP contribution in [0.25, 0.3) is 0 Å². The van der Waals surface area contributed by atoms with Crippen molar-refractivity contribution in [3.63, 3.8) is 0 Å². The van der Waals surface area contributed by atoms with E-state index in [1.165, 1.54) is 10.5 Å². The van der Waals surface area contributed by atoms with E-state index in [0.717, 1.165) is 47.3 Å². The van der Waals surface area contributed by atoms with E-state index in [2.05, 4.69) is 84.8 Å². The zero-order valence-electron chi connectivity index (χ0n) is 17.5. The Morgan fingerprint density at radius 1 is 1.04 bits per heavy atom. The van der Waals surface area contributed by atoms with E-state index >= 15 is 0 Å². The molecule has 0 atom stereocenters. The summed E-state index contributed by atoms with van der Waals surface area (Å²) in [5, 5.41) is 0. The van der Waals surface area contributed by atoms with Crippen LogP contribution < -0.4 is 9.80 Å². The van der Waals surface area contributed by atoms with Gasteiger partial charge in [0.25, 0.3) is 0 Å². The molecule has 27 heavy (non-hydrogen) atoms. The summed E-state index contributed by atoms with van der Waals surface area (Å²) in [6.07, 6.45) is 2.13. The second-order valence-corrected chi connectivity index (χ2v) is 8.49. The van der Waals surface area contributed by atoms with Crippen LogP contribution in [0.3, 0.4) is 0 Å². The summed E-state index contributed by atoms with van der Waals surface area (Å²) in [5.41, 5.74) is 3.46. The molecule has 0 unspecified atom stereocenters. The summed E-state index contributed by atoms with van der Waals surface area (Å²) in [4.78, 5) is 15.4. The van der Waals surface area contributed by atoms with Crippen molar-refractivity contribution >= 4 is 45.1 Å². The molecule has 0 aliphatic rings. The van der Waals surface area contributed by atoms with Crippen molar-refractivity contribution in [2.45, 2.75) is 52.4 Å². The number of benzene rings is 1. The van der Waals surface area contributed by atoms with Gasteiger partial charge in [-0.05, 0) is 73.5 Å². The molecule has 0 bridgehead atoms. The molecule has 0 aliphatic carbocycles. The molecule has 1 aromatic heterocycles. The van der Waals surface area contributed by atoms with Gasteiger partial charge in [-0.3, -0.25) is 0 Å². The molecule has 148 valence electrons. The predicted molar refractivity (Wildman–Crippen MR) is 123 cm³/mol. The average Bonchev–Trinajstić information content (AvgIpc) is 2.63. The highest BCUT2D eigenvalue weighted by Crippen LogP contribution is 2.41. The first-order valence-electron chi connectivity index (χ1n) is 9.61. The topological polar surface area (TPSA) is 32.3 Å². The number of aryl methyl sites for hydroxylation is 1. The van der Waals surface area contributed by atoms with Crippen molar-refractivity contribution in [1.29, 1.82) is 0 Å². The second kappa shape index (κ2) is 9.78. The third-order valence-corrected chi connectivity index (χ3v) is 6.04. The molecule has 0 amide bonds. The van der Waals surface area contributed by atoms with Crippen molar-refractivity contribution in [2.24, 2.45) is 0 Å². The van der Waals surface area contributed by atoms with Crippen molar-refractivity contribution in [3.05, 3.63) is 33.9 Å². The highest BCUT2D eigenvalue weighted by molar-refractivity contribution is 9.10. The van der Waals surface area contributed by atoms with Crippen LogP contribution in [0, 0.1) is 6.92 Å². The molecule has 1 aromatic carbocycles. The number of anilines is 3. The lowest BCUT2D eigenvalue weighted by Gasteiger charge is -2.28. The first-order valence-corrected chi connectivity index (χ1v) is 11.6. The van der Waals surface area contributed by atoms with E-state index in [0.29, 0.717) is 5.92 Å². The van der Waals surface area contributed by atoms with Gasteiger partial charge < -0.3 is 9.80 Å². The fourth-order valence-corrected chi connectivity index (χ4v) is 4.60. The molecule has 6 heteroatoms. The monoisotopic (exact) mass is 450 g/mol. The minimum atomic E-state index is 0.487. The van der Waals surface area contributed by atoms with Crippen LogP contribution in [0.2, 0.25) is 0 Å². The van der Waals surface area contributed by atoms with Crippen LogP contribution in [-0.4, -0.2) is 35.9 Å². The lowest BCUT2D eigenvalue weighted by atomic mass is 10.0. The molecular formula is C21H31BrN4S. The number of halogens is 1. The largest absolute Gasteiger partial charge is 0.357 e.